The van der Waals surface area contributed by atoms with Crippen molar-refractivity contribution in [1.29, 1.82) is 0 Å². The Kier molecular flexibility index (Phi) is 6.21. The number of fused-ring (bicyclic) bond motifs is 2. The van der Waals surface area contributed by atoms with Crippen LogP contribution in [0.15, 0.2) is 91.0 Å². The fourth-order valence-electron chi connectivity index (χ4n) is 4.24. The number of ketones is 2. The van der Waals surface area contributed by atoms with Gasteiger partial charge in [0.2, 0.25) is 0 Å². The summed E-state index contributed by atoms with van der Waals surface area (Å²) in [7, 11) is 0. The van der Waals surface area contributed by atoms with Gasteiger partial charge in [-0.05, 0) is 41.9 Å². The molecular weight excluding hydrogens is 492 g/mol. The Morgan fingerprint density at radius 2 is 1.05 bits per heavy atom. The van der Waals surface area contributed by atoms with E-state index in [-0.39, 0.29) is 44.8 Å². The fourth-order valence-corrected chi connectivity index (χ4v) is 4.39. The lowest BCUT2D eigenvalue weighted by atomic mass is 9.81. The molecule has 0 radical (unpaired) electrons. The van der Waals surface area contributed by atoms with Gasteiger partial charge in [-0.2, -0.15) is 0 Å². The maximum atomic E-state index is 13.7. The highest BCUT2D eigenvalue weighted by Crippen LogP contribution is 2.40. The third kappa shape index (κ3) is 4.32. The third-order valence-corrected chi connectivity index (χ3v) is 6.17. The normalized spacial score (nSPS) is 11.8. The molecular formula is C29H17ClN2O5. The van der Waals surface area contributed by atoms with Crippen LogP contribution in [-0.2, 0) is 0 Å². The summed E-state index contributed by atoms with van der Waals surface area (Å²) in [6, 6.07) is 23.8. The topological polar surface area (TPSA) is 109 Å². The van der Waals surface area contributed by atoms with Crippen LogP contribution in [-0.4, -0.2) is 28.6 Å². The number of rotatable bonds is 5. The summed E-state index contributed by atoms with van der Waals surface area (Å²) in [4.78, 5) is 65.9. The van der Waals surface area contributed by atoms with Crippen molar-refractivity contribution in [2.75, 3.05) is 10.6 Å². The van der Waals surface area contributed by atoms with Crippen LogP contribution < -0.4 is 10.6 Å². The quantitative estimate of drug-likeness (QED) is 0.311. The molecule has 4 aromatic carbocycles. The predicted octanol–water partition coefficient (Wildman–Crippen LogP) is 5.35. The van der Waals surface area contributed by atoms with E-state index in [1.807, 2.05) is 0 Å². The Hall–Kier alpha value is -4.88. The maximum Gasteiger partial charge on any atom is 0.255 e. The van der Waals surface area contributed by atoms with Crippen LogP contribution in [0.4, 0.5) is 11.4 Å². The monoisotopic (exact) mass is 508 g/mol. The smallest absolute Gasteiger partial charge is 0.255 e. The molecule has 5 rings (SSSR count). The zero-order valence-electron chi connectivity index (χ0n) is 19.1. The van der Waals surface area contributed by atoms with Crippen LogP contribution >= 0.6 is 11.6 Å². The van der Waals surface area contributed by atoms with Gasteiger partial charge in [0, 0.05) is 22.3 Å². The number of hydrogen-bond donors (Lipinski definition) is 2. The van der Waals surface area contributed by atoms with Crippen LogP contribution in [0.2, 0.25) is 0 Å². The first-order chi connectivity index (χ1) is 17.9. The number of carbonyl (C=O) groups is 5. The van der Waals surface area contributed by atoms with Gasteiger partial charge >= 0.3 is 0 Å². The van der Waals surface area contributed by atoms with Gasteiger partial charge < -0.3 is 10.6 Å². The van der Waals surface area contributed by atoms with E-state index in [1.165, 1.54) is 18.2 Å². The molecule has 7 nitrogen and oxygen atoms in total. The molecule has 1 aliphatic rings. The summed E-state index contributed by atoms with van der Waals surface area (Å²) in [5, 5.41) is 4.25. The van der Waals surface area contributed by atoms with E-state index < -0.39 is 28.6 Å². The molecule has 4 aromatic rings. The van der Waals surface area contributed by atoms with Crippen molar-refractivity contribution in [1.82, 2.24) is 0 Å². The zero-order valence-corrected chi connectivity index (χ0v) is 19.8. The molecule has 180 valence electrons. The van der Waals surface area contributed by atoms with Gasteiger partial charge in [0.15, 0.2) is 11.6 Å². The third-order valence-electron chi connectivity index (χ3n) is 5.97. The van der Waals surface area contributed by atoms with E-state index in [4.69, 9.17) is 11.6 Å². The van der Waals surface area contributed by atoms with Crippen molar-refractivity contribution < 1.29 is 24.0 Å². The Morgan fingerprint density at radius 1 is 0.595 bits per heavy atom. The molecule has 2 N–H and O–H groups in total. The van der Waals surface area contributed by atoms with Gasteiger partial charge in [0.05, 0.1) is 28.1 Å². The zero-order chi connectivity index (χ0) is 26.1. The van der Waals surface area contributed by atoms with Gasteiger partial charge in [0.1, 0.15) is 0 Å². The fraction of sp³-hybridized carbons (Fsp3) is 0. The summed E-state index contributed by atoms with van der Waals surface area (Å²) < 4.78 is 0. The van der Waals surface area contributed by atoms with E-state index >= 15 is 0 Å². The van der Waals surface area contributed by atoms with Crippen LogP contribution in [0.25, 0.3) is 0 Å². The van der Waals surface area contributed by atoms with Gasteiger partial charge in [-0.3, -0.25) is 24.0 Å². The highest BCUT2D eigenvalue weighted by atomic mass is 35.5. The second-order valence-corrected chi connectivity index (χ2v) is 8.56. The average Bonchev–Trinajstić information content (AvgIpc) is 2.92. The molecule has 0 aliphatic heterocycles. The standard InChI is InChI=1S/C29H17ClN2O5/c30-27(35)20-15-21(31-28(36)16-9-3-1-4-10-16)22-23(24(20)32-29(37)17-11-5-2-6-12-17)26(34)19-14-8-7-13-18(19)25(22)33/h1-15H,(H,31,36)(H,32,37). The number of halogens is 1. The van der Waals surface area contributed by atoms with Crippen LogP contribution in [0.3, 0.4) is 0 Å². The van der Waals surface area contributed by atoms with E-state index in [0.29, 0.717) is 5.56 Å². The molecule has 0 spiro atoms. The maximum absolute atomic E-state index is 13.7. The van der Waals surface area contributed by atoms with Gasteiger partial charge in [-0.1, -0.05) is 60.7 Å². The van der Waals surface area contributed by atoms with Crippen molar-refractivity contribution >= 4 is 51.6 Å². The number of hydrogen-bond acceptors (Lipinski definition) is 5. The van der Waals surface area contributed by atoms with Crippen molar-refractivity contribution in [3.63, 3.8) is 0 Å². The van der Waals surface area contributed by atoms with Crippen LogP contribution in [0.1, 0.15) is 62.9 Å². The van der Waals surface area contributed by atoms with Crippen molar-refractivity contribution in [2.45, 2.75) is 0 Å². The van der Waals surface area contributed by atoms with Gasteiger partial charge in [-0.15, -0.1) is 0 Å². The lowest BCUT2D eigenvalue weighted by Gasteiger charge is -2.25. The number of amides is 2. The Morgan fingerprint density at radius 3 is 1.57 bits per heavy atom. The Labute approximate surface area is 216 Å². The van der Waals surface area contributed by atoms with E-state index in [9.17, 15) is 24.0 Å². The molecule has 1 aliphatic carbocycles. The van der Waals surface area contributed by atoms with Crippen LogP contribution in [0, 0.1) is 0 Å². The summed E-state index contributed by atoms with van der Waals surface area (Å²) in [6.45, 7) is 0. The molecule has 0 atom stereocenters. The summed E-state index contributed by atoms with van der Waals surface area (Å²) in [5.41, 5.74) is -0.0652. The average molecular weight is 509 g/mol. The first kappa shape index (κ1) is 23.8. The van der Waals surface area contributed by atoms with Crippen molar-refractivity contribution in [3.05, 3.63) is 130 Å². The number of anilines is 2. The Bertz CT molecular complexity index is 1610. The molecule has 8 heteroatoms. The first-order valence-corrected chi connectivity index (χ1v) is 11.6. The largest absolute Gasteiger partial charge is 0.321 e. The van der Waals surface area contributed by atoms with E-state index in [1.54, 1.807) is 72.8 Å². The van der Waals surface area contributed by atoms with Crippen molar-refractivity contribution in [2.24, 2.45) is 0 Å². The number of nitrogens with one attached hydrogen (secondary N) is 2. The highest BCUT2D eigenvalue weighted by molar-refractivity contribution is 6.68. The second-order valence-electron chi connectivity index (χ2n) is 8.21. The summed E-state index contributed by atoms with van der Waals surface area (Å²) in [6.07, 6.45) is 0. The minimum Gasteiger partial charge on any atom is -0.321 e. The molecule has 0 bridgehead atoms. The number of benzene rings is 4. The van der Waals surface area contributed by atoms with E-state index in [0.717, 1.165) is 0 Å². The number of carbonyl (C=O) groups excluding carboxylic acids is 5. The molecule has 0 aromatic heterocycles. The Balaban J connectivity index is 1.73. The molecule has 0 fully saturated rings. The SMILES string of the molecule is O=C(Nc1cc(C(=O)Cl)c(NC(=O)c2ccccc2)c2c1C(=O)c1ccccc1C2=O)c1ccccc1. The lowest BCUT2D eigenvalue weighted by Crippen LogP contribution is -2.27. The molecule has 0 heterocycles. The van der Waals surface area contributed by atoms with Crippen molar-refractivity contribution in [3.8, 4) is 0 Å². The second kappa shape index (κ2) is 9.64. The lowest BCUT2D eigenvalue weighted by molar-refractivity contribution is 0.0977. The van der Waals surface area contributed by atoms with Gasteiger partial charge in [0.25, 0.3) is 17.1 Å². The van der Waals surface area contributed by atoms with Gasteiger partial charge in [-0.25, -0.2) is 0 Å². The molecule has 37 heavy (non-hydrogen) atoms. The first-order valence-electron chi connectivity index (χ1n) is 11.2. The predicted molar refractivity (Wildman–Crippen MR) is 139 cm³/mol. The molecule has 0 saturated carbocycles. The molecule has 2 amide bonds. The van der Waals surface area contributed by atoms with E-state index in [2.05, 4.69) is 10.6 Å². The minimum atomic E-state index is -0.986. The summed E-state index contributed by atoms with van der Waals surface area (Å²) >= 11 is 5.89. The highest BCUT2D eigenvalue weighted by Gasteiger charge is 2.37. The summed E-state index contributed by atoms with van der Waals surface area (Å²) in [5.74, 6) is -2.31. The minimum absolute atomic E-state index is 0.0709. The molecule has 0 saturated heterocycles. The van der Waals surface area contributed by atoms with Crippen LogP contribution in [0.5, 0.6) is 0 Å². The molecule has 0 unspecified atom stereocenters.